The first-order chi connectivity index (χ1) is 7.09. The largest absolute Gasteiger partial charge is 0.379 e. The average molecular weight is 213 g/mol. The van der Waals surface area contributed by atoms with E-state index < -0.39 is 0 Å². The summed E-state index contributed by atoms with van der Waals surface area (Å²) < 4.78 is 5.53. The van der Waals surface area contributed by atoms with Crippen LogP contribution in [-0.4, -0.2) is 25.3 Å². The van der Waals surface area contributed by atoms with E-state index in [1.807, 2.05) is 7.11 Å². The molecule has 0 aromatic heterocycles. The summed E-state index contributed by atoms with van der Waals surface area (Å²) in [5.74, 6) is 0.874. The van der Waals surface area contributed by atoms with E-state index >= 15 is 0 Å². The lowest BCUT2D eigenvalue weighted by Gasteiger charge is -2.32. The molecule has 0 bridgehead atoms. The Hall–Kier alpha value is -0.0800. The second-order valence-corrected chi connectivity index (χ2v) is 5.38. The highest BCUT2D eigenvalue weighted by atomic mass is 16.5. The van der Waals surface area contributed by atoms with Crippen LogP contribution in [0.25, 0.3) is 0 Å². The number of hydrogen-bond donors (Lipinski definition) is 1. The Kier molecular flexibility index (Phi) is 5.07. The molecule has 2 nitrogen and oxygen atoms in total. The van der Waals surface area contributed by atoms with Crippen LogP contribution in [0.15, 0.2) is 0 Å². The molecule has 2 heteroatoms. The summed E-state index contributed by atoms with van der Waals surface area (Å²) in [6.07, 6.45) is 6.76. The molecule has 15 heavy (non-hydrogen) atoms. The summed E-state index contributed by atoms with van der Waals surface area (Å²) in [5.41, 5.74) is 0.00935. The Morgan fingerprint density at radius 2 is 1.93 bits per heavy atom. The van der Waals surface area contributed by atoms with Gasteiger partial charge in [0.2, 0.25) is 0 Å². The second kappa shape index (κ2) is 5.86. The molecule has 1 aliphatic carbocycles. The van der Waals surface area contributed by atoms with Crippen LogP contribution in [-0.2, 0) is 4.74 Å². The van der Waals surface area contributed by atoms with Gasteiger partial charge in [-0.3, -0.25) is 0 Å². The number of methoxy groups -OCH3 is 1. The molecule has 0 radical (unpaired) electrons. The van der Waals surface area contributed by atoms with Gasteiger partial charge in [-0.25, -0.2) is 0 Å². The minimum Gasteiger partial charge on any atom is -0.379 e. The predicted molar refractivity (Wildman–Crippen MR) is 65.1 cm³/mol. The van der Waals surface area contributed by atoms with Gasteiger partial charge < -0.3 is 10.1 Å². The Morgan fingerprint density at radius 3 is 2.40 bits per heavy atom. The first kappa shape index (κ1) is 13.0. The molecule has 0 aliphatic heterocycles. The zero-order valence-electron chi connectivity index (χ0n) is 10.8. The molecular formula is C13H27NO. The van der Waals surface area contributed by atoms with Crippen LogP contribution in [0.1, 0.15) is 52.9 Å². The molecule has 1 rings (SSSR count). The van der Waals surface area contributed by atoms with Crippen molar-refractivity contribution in [3.8, 4) is 0 Å². The van der Waals surface area contributed by atoms with Crippen molar-refractivity contribution in [1.82, 2.24) is 5.32 Å². The van der Waals surface area contributed by atoms with Gasteiger partial charge in [-0.15, -0.1) is 0 Å². The van der Waals surface area contributed by atoms with Crippen molar-refractivity contribution in [2.75, 3.05) is 13.7 Å². The molecule has 0 heterocycles. The third kappa shape index (κ3) is 4.12. The molecule has 1 unspecified atom stereocenters. The molecule has 1 fully saturated rings. The van der Waals surface area contributed by atoms with Gasteiger partial charge in [0.1, 0.15) is 0 Å². The number of hydrogen-bond acceptors (Lipinski definition) is 2. The van der Waals surface area contributed by atoms with E-state index in [0.29, 0.717) is 6.04 Å². The van der Waals surface area contributed by atoms with Gasteiger partial charge in [0.05, 0.1) is 5.60 Å². The predicted octanol–water partition coefficient (Wildman–Crippen LogP) is 2.97. The molecule has 0 saturated heterocycles. The van der Waals surface area contributed by atoms with Gasteiger partial charge in [0.15, 0.2) is 0 Å². The van der Waals surface area contributed by atoms with Crippen molar-refractivity contribution in [2.45, 2.75) is 64.5 Å². The highest BCUT2D eigenvalue weighted by molar-refractivity contribution is 4.85. The topological polar surface area (TPSA) is 21.3 Å². The zero-order chi connectivity index (χ0) is 11.3. The van der Waals surface area contributed by atoms with E-state index in [2.05, 4.69) is 26.1 Å². The molecule has 0 spiro atoms. The van der Waals surface area contributed by atoms with Crippen LogP contribution >= 0.6 is 0 Å². The van der Waals surface area contributed by atoms with Crippen molar-refractivity contribution in [3.05, 3.63) is 0 Å². The average Bonchev–Trinajstić information content (AvgIpc) is 2.70. The summed E-state index contributed by atoms with van der Waals surface area (Å²) in [5, 5.41) is 3.63. The van der Waals surface area contributed by atoms with Gasteiger partial charge in [-0.1, -0.05) is 19.8 Å². The maximum absolute atomic E-state index is 5.53. The van der Waals surface area contributed by atoms with E-state index in [4.69, 9.17) is 4.74 Å². The first-order valence-electron chi connectivity index (χ1n) is 6.37. The van der Waals surface area contributed by atoms with Crippen molar-refractivity contribution >= 4 is 0 Å². The fourth-order valence-electron chi connectivity index (χ4n) is 2.64. The second-order valence-electron chi connectivity index (χ2n) is 5.38. The van der Waals surface area contributed by atoms with E-state index in [9.17, 15) is 0 Å². The third-order valence-corrected chi connectivity index (χ3v) is 3.70. The SMILES string of the molecule is CCNC(CC(C)(C)OC)C1CCCC1. The Morgan fingerprint density at radius 1 is 1.33 bits per heavy atom. The maximum atomic E-state index is 5.53. The molecule has 0 aromatic carbocycles. The highest BCUT2D eigenvalue weighted by Crippen LogP contribution is 2.31. The lowest BCUT2D eigenvalue weighted by Crippen LogP contribution is -2.41. The molecule has 1 N–H and O–H groups in total. The van der Waals surface area contributed by atoms with E-state index in [1.54, 1.807) is 0 Å². The zero-order valence-corrected chi connectivity index (χ0v) is 10.8. The molecule has 1 atom stereocenters. The minimum atomic E-state index is 0.00935. The maximum Gasteiger partial charge on any atom is 0.0637 e. The van der Waals surface area contributed by atoms with Gasteiger partial charge in [0.25, 0.3) is 0 Å². The van der Waals surface area contributed by atoms with Crippen LogP contribution in [0.2, 0.25) is 0 Å². The summed E-state index contributed by atoms with van der Waals surface area (Å²) in [6.45, 7) is 7.64. The standard InChI is InChI=1S/C13H27NO/c1-5-14-12(10-13(2,3)15-4)11-8-6-7-9-11/h11-12,14H,5-10H2,1-4H3. The molecule has 0 amide bonds. The fourth-order valence-corrected chi connectivity index (χ4v) is 2.64. The number of rotatable bonds is 6. The van der Waals surface area contributed by atoms with Crippen LogP contribution in [0.3, 0.4) is 0 Å². The molecule has 90 valence electrons. The Balaban J connectivity index is 2.49. The normalized spacial score (nSPS) is 20.8. The van der Waals surface area contributed by atoms with Gasteiger partial charge in [0, 0.05) is 13.2 Å². The summed E-state index contributed by atoms with van der Waals surface area (Å²) in [6, 6.07) is 0.646. The molecular weight excluding hydrogens is 186 g/mol. The lowest BCUT2D eigenvalue weighted by atomic mass is 9.88. The quantitative estimate of drug-likeness (QED) is 0.732. The lowest BCUT2D eigenvalue weighted by molar-refractivity contribution is 0.00186. The van der Waals surface area contributed by atoms with Crippen molar-refractivity contribution < 1.29 is 4.74 Å². The monoisotopic (exact) mass is 213 g/mol. The minimum absolute atomic E-state index is 0.00935. The van der Waals surface area contributed by atoms with Crippen molar-refractivity contribution in [1.29, 1.82) is 0 Å². The van der Waals surface area contributed by atoms with Crippen LogP contribution in [0.4, 0.5) is 0 Å². The third-order valence-electron chi connectivity index (χ3n) is 3.70. The van der Waals surface area contributed by atoms with E-state index in [-0.39, 0.29) is 5.60 Å². The van der Waals surface area contributed by atoms with Crippen molar-refractivity contribution in [2.24, 2.45) is 5.92 Å². The van der Waals surface area contributed by atoms with Gasteiger partial charge in [-0.05, 0) is 45.6 Å². The van der Waals surface area contributed by atoms with E-state index in [0.717, 1.165) is 18.9 Å². The van der Waals surface area contributed by atoms with Gasteiger partial charge in [-0.2, -0.15) is 0 Å². The number of nitrogens with one attached hydrogen (secondary N) is 1. The first-order valence-corrected chi connectivity index (χ1v) is 6.37. The fraction of sp³-hybridized carbons (Fsp3) is 1.00. The van der Waals surface area contributed by atoms with E-state index in [1.165, 1.54) is 25.7 Å². The highest BCUT2D eigenvalue weighted by Gasteiger charge is 2.29. The summed E-state index contributed by atoms with van der Waals surface area (Å²) in [4.78, 5) is 0. The van der Waals surface area contributed by atoms with Crippen LogP contribution < -0.4 is 5.32 Å². The Bertz CT molecular complexity index is 173. The van der Waals surface area contributed by atoms with Crippen molar-refractivity contribution in [3.63, 3.8) is 0 Å². The molecule has 1 saturated carbocycles. The molecule has 1 aliphatic rings. The summed E-state index contributed by atoms with van der Waals surface area (Å²) >= 11 is 0. The number of ether oxygens (including phenoxy) is 1. The van der Waals surface area contributed by atoms with Gasteiger partial charge >= 0.3 is 0 Å². The Labute approximate surface area is 94.8 Å². The van der Waals surface area contributed by atoms with Crippen LogP contribution in [0.5, 0.6) is 0 Å². The smallest absolute Gasteiger partial charge is 0.0637 e. The summed E-state index contributed by atoms with van der Waals surface area (Å²) in [7, 11) is 1.82. The van der Waals surface area contributed by atoms with Crippen LogP contribution in [0, 0.1) is 5.92 Å². The molecule has 0 aromatic rings.